The molecule has 0 saturated carbocycles. The highest BCUT2D eigenvalue weighted by atomic mass is 16.7. The zero-order chi connectivity index (χ0) is 18.8. The number of fused-ring (bicyclic) bond motifs is 1. The molecule has 1 fully saturated rings. The second-order valence-corrected chi connectivity index (χ2v) is 6.46. The summed E-state index contributed by atoms with van der Waals surface area (Å²) in [5.74, 6) is 1.00. The standard InChI is InChI=1S/C20H20N2O5/c23-10-7-16-19(24)21-8-9-22(16)20(25)14-3-1-13(2-4-14)15-5-6-17-18(11-15)27-12-26-17/h1-6,11,16,23H,7-10,12H2,(H,21,24)/t16-/m0/s1. The lowest BCUT2D eigenvalue weighted by Gasteiger charge is -2.34. The molecule has 27 heavy (non-hydrogen) atoms. The molecule has 0 spiro atoms. The molecule has 4 rings (SSSR count). The van der Waals surface area contributed by atoms with Crippen LogP contribution in [0, 0.1) is 0 Å². The van der Waals surface area contributed by atoms with E-state index < -0.39 is 6.04 Å². The summed E-state index contributed by atoms with van der Waals surface area (Å²) in [5.41, 5.74) is 2.43. The lowest BCUT2D eigenvalue weighted by Crippen LogP contribution is -2.57. The second kappa shape index (κ2) is 7.28. The van der Waals surface area contributed by atoms with E-state index in [4.69, 9.17) is 9.47 Å². The van der Waals surface area contributed by atoms with E-state index in [1.165, 1.54) is 4.90 Å². The van der Waals surface area contributed by atoms with Crippen molar-refractivity contribution in [2.75, 3.05) is 26.5 Å². The van der Waals surface area contributed by atoms with Crippen molar-refractivity contribution >= 4 is 11.8 Å². The van der Waals surface area contributed by atoms with Crippen LogP contribution in [-0.4, -0.2) is 54.4 Å². The van der Waals surface area contributed by atoms with Crippen LogP contribution in [0.5, 0.6) is 11.5 Å². The maximum absolute atomic E-state index is 12.9. The quantitative estimate of drug-likeness (QED) is 0.852. The van der Waals surface area contributed by atoms with Crippen LogP contribution in [0.3, 0.4) is 0 Å². The average Bonchev–Trinajstić information content (AvgIpc) is 3.17. The Kier molecular flexibility index (Phi) is 4.68. The van der Waals surface area contributed by atoms with Crippen LogP contribution in [-0.2, 0) is 4.79 Å². The van der Waals surface area contributed by atoms with Crippen LogP contribution in [0.4, 0.5) is 0 Å². The maximum Gasteiger partial charge on any atom is 0.254 e. The highest BCUT2D eigenvalue weighted by molar-refractivity contribution is 5.98. The predicted octanol–water partition coefficient (Wildman–Crippen LogP) is 1.41. The first-order valence-corrected chi connectivity index (χ1v) is 8.87. The summed E-state index contributed by atoms with van der Waals surface area (Å²) in [6.45, 7) is 0.927. The number of benzene rings is 2. The maximum atomic E-state index is 12.9. The van der Waals surface area contributed by atoms with E-state index in [1.807, 2.05) is 30.3 Å². The Balaban J connectivity index is 1.54. The number of rotatable bonds is 4. The first-order chi connectivity index (χ1) is 13.2. The van der Waals surface area contributed by atoms with Crippen molar-refractivity contribution in [3.63, 3.8) is 0 Å². The predicted molar refractivity (Wildman–Crippen MR) is 97.5 cm³/mol. The lowest BCUT2D eigenvalue weighted by atomic mass is 10.0. The van der Waals surface area contributed by atoms with E-state index >= 15 is 0 Å². The minimum Gasteiger partial charge on any atom is -0.454 e. The van der Waals surface area contributed by atoms with E-state index in [0.29, 0.717) is 24.4 Å². The third-order valence-electron chi connectivity index (χ3n) is 4.83. The molecule has 0 aromatic heterocycles. The third kappa shape index (κ3) is 3.33. The van der Waals surface area contributed by atoms with Gasteiger partial charge < -0.3 is 24.8 Å². The van der Waals surface area contributed by atoms with Crippen molar-refractivity contribution in [3.05, 3.63) is 48.0 Å². The van der Waals surface area contributed by atoms with E-state index in [2.05, 4.69) is 5.32 Å². The number of hydrogen-bond donors (Lipinski definition) is 2. The number of piperazine rings is 1. The van der Waals surface area contributed by atoms with Crippen molar-refractivity contribution in [2.24, 2.45) is 0 Å². The summed E-state index contributed by atoms with van der Waals surface area (Å²) in [6.07, 6.45) is 0.229. The summed E-state index contributed by atoms with van der Waals surface area (Å²) in [5, 5.41) is 11.9. The number of nitrogens with zero attached hydrogens (tertiary/aromatic N) is 1. The van der Waals surface area contributed by atoms with Crippen molar-refractivity contribution in [3.8, 4) is 22.6 Å². The molecule has 7 nitrogen and oxygen atoms in total. The van der Waals surface area contributed by atoms with Gasteiger partial charge in [0, 0.05) is 25.3 Å². The molecule has 2 aliphatic heterocycles. The Morgan fingerprint density at radius 2 is 1.85 bits per heavy atom. The highest BCUT2D eigenvalue weighted by Crippen LogP contribution is 2.35. The Bertz CT molecular complexity index is 865. The summed E-state index contributed by atoms with van der Waals surface area (Å²) < 4.78 is 10.7. The van der Waals surface area contributed by atoms with Gasteiger partial charge in [-0.05, 0) is 41.8 Å². The molecule has 2 aromatic rings. The largest absolute Gasteiger partial charge is 0.454 e. The second-order valence-electron chi connectivity index (χ2n) is 6.46. The number of carbonyl (C=O) groups is 2. The van der Waals surface area contributed by atoms with Crippen LogP contribution in [0.15, 0.2) is 42.5 Å². The van der Waals surface area contributed by atoms with Gasteiger partial charge in [0.1, 0.15) is 6.04 Å². The lowest BCUT2D eigenvalue weighted by molar-refractivity contribution is -0.128. The smallest absolute Gasteiger partial charge is 0.254 e. The molecule has 140 valence electrons. The summed E-state index contributed by atoms with van der Waals surface area (Å²) in [4.78, 5) is 26.4. The molecule has 1 atom stereocenters. The van der Waals surface area contributed by atoms with E-state index in [1.54, 1.807) is 12.1 Å². The van der Waals surface area contributed by atoms with Crippen LogP contribution < -0.4 is 14.8 Å². The number of hydrogen-bond acceptors (Lipinski definition) is 5. The van der Waals surface area contributed by atoms with E-state index in [9.17, 15) is 14.7 Å². The Morgan fingerprint density at radius 3 is 2.63 bits per heavy atom. The van der Waals surface area contributed by atoms with Gasteiger partial charge in [-0.25, -0.2) is 0 Å². The molecule has 0 unspecified atom stereocenters. The summed E-state index contributed by atoms with van der Waals surface area (Å²) in [7, 11) is 0. The Labute approximate surface area is 156 Å². The van der Waals surface area contributed by atoms with Gasteiger partial charge in [-0.3, -0.25) is 9.59 Å². The van der Waals surface area contributed by atoms with E-state index in [-0.39, 0.29) is 31.6 Å². The van der Waals surface area contributed by atoms with Gasteiger partial charge in [0.25, 0.3) is 5.91 Å². The van der Waals surface area contributed by atoms with Gasteiger partial charge in [-0.2, -0.15) is 0 Å². The molecular weight excluding hydrogens is 348 g/mol. The topological polar surface area (TPSA) is 88.1 Å². The van der Waals surface area contributed by atoms with E-state index in [0.717, 1.165) is 16.9 Å². The number of carbonyl (C=O) groups excluding carboxylic acids is 2. The van der Waals surface area contributed by atoms with Crippen LogP contribution in [0.25, 0.3) is 11.1 Å². The number of ether oxygens (including phenoxy) is 2. The van der Waals surface area contributed by atoms with Gasteiger partial charge >= 0.3 is 0 Å². The number of amides is 2. The highest BCUT2D eigenvalue weighted by Gasteiger charge is 2.32. The minimum atomic E-state index is -0.634. The molecule has 2 N–H and O–H groups in total. The average molecular weight is 368 g/mol. The molecule has 2 amide bonds. The Hall–Kier alpha value is -3.06. The molecule has 2 aromatic carbocycles. The molecule has 1 saturated heterocycles. The molecule has 0 bridgehead atoms. The molecule has 0 aliphatic carbocycles. The van der Waals surface area contributed by atoms with Gasteiger partial charge in [0.15, 0.2) is 11.5 Å². The van der Waals surface area contributed by atoms with Gasteiger partial charge in [0.2, 0.25) is 12.7 Å². The molecular formula is C20H20N2O5. The van der Waals surface area contributed by atoms with Gasteiger partial charge in [-0.15, -0.1) is 0 Å². The SMILES string of the molecule is O=C1NCCN(C(=O)c2ccc(-c3ccc4c(c3)OCO4)cc2)[C@H]1CCO. The van der Waals surface area contributed by atoms with Crippen molar-refractivity contribution in [1.82, 2.24) is 10.2 Å². The molecule has 2 aliphatic rings. The van der Waals surface area contributed by atoms with Crippen LogP contribution >= 0.6 is 0 Å². The minimum absolute atomic E-state index is 0.148. The number of aliphatic hydroxyl groups is 1. The molecule has 7 heteroatoms. The summed E-state index contributed by atoms with van der Waals surface area (Å²) in [6, 6.07) is 12.3. The zero-order valence-electron chi connectivity index (χ0n) is 14.7. The van der Waals surface area contributed by atoms with Gasteiger partial charge in [0.05, 0.1) is 0 Å². The monoisotopic (exact) mass is 368 g/mol. The van der Waals surface area contributed by atoms with Crippen molar-refractivity contribution in [1.29, 1.82) is 0 Å². The fourth-order valence-electron chi connectivity index (χ4n) is 3.41. The normalized spacial score (nSPS) is 18.3. The fraction of sp³-hybridized carbons (Fsp3) is 0.300. The fourth-order valence-corrected chi connectivity index (χ4v) is 3.41. The third-order valence-corrected chi connectivity index (χ3v) is 4.83. The molecule has 2 heterocycles. The first kappa shape index (κ1) is 17.4. The summed E-state index contributed by atoms with van der Waals surface area (Å²) >= 11 is 0. The molecule has 0 radical (unpaired) electrons. The van der Waals surface area contributed by atoms with Crippen molar-refractivity contribution < 1.29 is 24.2 Å². The van der Waals surface area contributed by atoms with Gasteiger partial charge in [-0.1, -0.05) is 18.2 Å². The van der Waals surface area contributed by atoms with Crippen LogP contribution in [0.2, 0.25) is 0 Å². The number of aliphatic hydroxyl groups excluding tert-OH is 1. The Morgan fingerprint density at radius 1 is 1.11 bits per heavy atom. The zero-order valence-corrected chi connectivity index (χ0v) is 14.7. The van der Waals surface area contributed by atoms with Crippen molar-refractivity contribution in [2.45, 2.75) is 12.5 Å². The number of nitrogens with one attached hydrogen (secondary N) is 1. The first-order valence-electron chi connectivity index (χ1n) is 8.87. The van der Waals surface area contributed by atoms with Crippen LogP contribution in [0.1, 0.15) is 16.8 Å².